The maximum absolute atomic E-state index is 14.6. The van der Waals surface area contributed by atoms with Crippen molar-refractivity contribution < 1.29 is 0 Å². The third kappa shape index (κ3) is 9.64. The van der Waals surface area contributed by atoms with Crippen LogP contribution in [0.5, 0.6) is 0 Å². The summed E-state index contributed by atoms with van der Waals surface area (Å²) < 4.78 is 4.08. The molecule has 0 aliphatic carbocycles. The Labute approximate surface area is 745 Å². The van der Waals surface area contributed by atoms with Crippen molar-refractivity contribution in [1.29, 1.82) is 0 Å². The van der Waals surface area contributed by atoms with E-state index in [9.17, 15) is 28.8 Å². The third-order valence-electron chi connectivity index (χ3n) is 28.6. The molecule has 132 heavy (non-hydrogen) atoms. The zero-order valence-corrected chi connectivity index (χ0v) is 70.7. The highest BCUT2D eigenvalue weighted by Gasteiger charge is 2.35. The highest BCUT2D eigenvalue weighted by Crippen LogP contribution is 2.59. The summed E-state index contributed by atoms with van der Waals surface area (Å²) in [5.41, 5.74) is 15.2. The van der Waals surface area contributed by atoms with Crippen LogP contribution in [0.3, 0.4) is 0 Å². The van der Waals surface area contributed by atoms with Gasteiger partial charge in [0, 0.05) is 74.4 Å². The molecule has 21 aromatic carbocycles. The summed E-state index contributed by atoms with van der Waals surface area (Å²) in [6.45, 7) is 5.90. The van der Waals surface area contributed by atoms with Gasteiger partial charge in [-0.3, -0.25) is 58.7 Å². The summed E-state index contributed by atoms with van der Waals surface area (Å²) in [5.74, 6) is 0. The molecule has 15 nitrogen and oxygen atoms in total. The smallest absolute Gasteiger partial charge is 0.266 e. The Balaban J connectivity index is 0.0000000991. The second kappa shape index (κ2) is 26.7. The van der Waals surface area contributed by atoms with E-state index in [0.29, 0.717) is 49.4 Å². The molecule has 30 rings (SSSR count). The Morgan fingerprint density at radius 1 is 0.182 bits per heavy atom. The molecule has 0 unspecified atom stereocenters. The van der Waals surface area contributed by atoms with Crippen molar-refractivity contribution in [3.63, 3.8) is 0 Å². The average molecular weight is 1690 g/mol. The Bertz CT molecular complexity index is 9940. The van der Waals surface area contributed by atoms with Crippen LogP contribution in [-0.4, -0.2) is 43.6 Å². The first-order valence-electron chi connectivity index (χ1n) is 43.9. The molecule has 9 heterocycles. The Hall–Kier alpha value is -17.8. The van der Waals surface area contributed by atoms with Crippen LogP contribution in [0.1, 0.15) is 16.7 Å². The molecule has 15 heteroatoms. The monoisotopic (exact) mass is 1690 g/mol. The second-order valence-corrected chi connectivity index (χ2v) is 35.3. The van der Waals surface area contributed by atoms with E-state index >= 15 is 0 Å². The van der Waals surface area contributed by atoms with Crippen molar-refractivity contribution in [2.75, 3.05) is 0 Å². The first-order chi connectivity index (χ1) is 64.8. The Morgan fingerprint density at radius 3 is 0.682 bits per heavy atom. The van der Waals surface area contributed by atoms with Crippen LogP contribution >= 0.6 is 0 Å². The van der Waals surface area contributed by atoms with E-state index in [4.69, 9.17) is 0 Å². The van der Waals surface area contributed by atoms with Gasteiger partial charge < -0.3 is 0 Å². The van der Waals surface area contributed by atoms with Gasteiger partial charge in [0.2, 0.25) is 0 Å². The van der Waals surface area contributed by atoms with Crippen LogP contribution in [0.4, 0.5) is 0 Å². The van der Waals surface area contributed by atoms with E-state index in [1.807, 2.05) is 166 Å². The highest BCUT2D eigenvalue weighted by atomic mass is 16.2. The molecular weight excluding hydrogens is 1630 g/mol. The first kappa shape index (κ1) is 73.4. The quantitative estimate of drug-likeness (QED) is 0.124. The number of benzene rings is 18. The van der Waals surface area contributed by atoms with Crippen LogP contribution in [0.2, 0.25) is 0 Å². The van der Waals surface area contributed by atoms with Gasteiger partial charge in [-0.15, -0.1) is 0 Å². The van der Waals surface area contributed by atoms with Crippen LogP contribution in [-0.2, 0) is 0 Å². The van der Waals surface area contributed by atoms with Gasteiger partial charge in [-0.05, 0) is 400 Å². The van der Waals surface area contributed by atoms with Gasteiger partial charge in [0.25, 0.3) is 33.4 Å². The zero-order chi connectivity index (χ0) is 87.8. The number of aryl methyl sites for hydroxylation is 3. The largest absolute Gasteiger partial charge is 0.268 e. The lowest BCUT2D eigenvalue weighted by atomic mass is 9.89. The van der Waals surface area contributed by atoms with E-state index in [0.717, 1.165) is 229 Å². The fourth-order valence-corrected chi connectivity index (χ4v) is 23.1. The summed E-state index contributed by atoms with van der Waals surface area (Å²) in [6, 6.07) is 85.8. The van der Waals surface area contributed by atoms with E-state index in [1.54, 1.807) is 74.4 Å². The number of para-hydroxylation sites is 1. The molecule has 0 N–H and O–H groups in total. The molecule has 0 spiro atoms. The lowest BCUT2D eigenvalue weighted by molar-refractivity contribution is 0.979. The van der Waals surface area contributed by atoms with Gasteiger partial charge in [0.05, 0.1) is 49.4 Å². The molecule has 0 radical (unpaired) electrons. The molecule has 0 fully saturated rings. The van der Waals surface area contributed by atoms with Crippen LogP contribution in [0.25, 0.3) is 278 Å². The minimum Gasteiger partial charge on any atom is -0.268 e. The fourth-order valence-electron chi connectivity index (χ4n) is 23.1. The van der Waals surface area contributed by atoms with Crippen molar-refractivity contribution in [2.45, 2.75) is 20.8 Å². The Morgan fingerprint density at radius 2 is 0.424 bits per heavy atom. The van der Waals surface area contributed by atoms with E-state index in [-0.39, 0.29) is 33.4 Å². The normalized spacial score (nSPS) is 12.4. The maximum Gasteiger partial charge on any atom is 0.266 e. The summed E-state index contributed by atoms with van der Waals surface area (Å²) in [5, 5.41) is 34.6. The van der Waals surface area contributed by atoms with Crippen molar-refractivity contribution in [2.24, 2.45) is 0 Å². The number of fused-ring (bicyclic) bond motifs is 9. The molecule has 0 bridgehead atoms. The summed E-state index contributed by atoms with van der Waals surface area (Å²) in [7, 11) is 0. The molecule has 0 amide bonds. The molecule has 0 aliphatic heterocycles. The van der Waals surface area contributed by atoms with E-state index in [2.05, 4.69) is 139 Å². The topological polar surface area (TPSA) is 195 Å². The van der Waals surface area contributed by atoms with Crippen molar-refractivity contribution in [1.82, 2.24) is 43.6 Å². The zero-order valence-electron chi connectivity index (χ0n) is 70.7. The van der Waals surface area contributed by atoms with Gasteiger partial charge in [0.15, 0.2) is 0 Å². The Kier molecular flexibility index (Phi) is 14.8. The minimum absolute atomic E-state index is 0.282. The van der Waals surface area contributed by atoms with Crippen LogP contribution in [0.15, 0.2) is 358 Å². The summed E-state index contributed by atoms with van der Waals surface area (Å²) >= 11 is 0. The number of rotatable bonds is 9. The molecular formula is C117H63N9O6. The van der Waals surface area contributed by atoms with E-state index in [1.165, 1.54) is 29.9 Å². The summed E-state index contributed by atoms with van der Waals surface area (Å²) in [6.07, 6.45) is 21.5. The number of pyridine rings is 6. The molecule has 0 aliphatic rings. The average Bonchev–Trinajstić information content (AvgIpc) is 1.51. The van der Waals surface area contributed by atoms with Crippen molar-refractivity contribution >= 4 is 194 Å². The molecule has 30 aromatic rings. The van der Waals surface area contributed by atoms with Gasteiger partial charge in [-0.1, -0.05) is 121 Å². The third-order valence-corrected chi connectivity index (χ3v) is 28.6. The van der Waals surface area contributed by atoms with E-state index < -0.39 is 0 Å². The molecule has 9 aromatic heterocycles. The highest BCUT2D eigenvalue weighted by molar-refractivity contribution is 6.53. The molecule has 612 valence electrons. The van der Waals surface area contributed by atoms with Gasteiger partial charge >= 0.3 is 0 Å². The van der Waals surface area contributed by atoms with Gasteiger partial charge in [-0.25, -0.2) is 13.7 Å². The fraction of sp³-hybridized carbons (Fsp3) is 0.0256. The van der Waals surface area contributed by atoms with Gasteiger partial charge in [0.1, 0.15) is 0 Å². The van der Waals surface area contributed by atoms with Crippen LogP contribution < -0.4 is 33.4 Å². The van der Waals surface area contributed by atoms with Crippen molar-refractivity contribution in [3.05, 3.63) is 408 Å². The predicted molar refractivity (Wildman–Crippen MR) is 538 cm³/mol. The summed E-state index contributed by atoms with van der Waals surface area (Å²) in [4.78, 5) is 113. The van der Waals surface area contributed by atoms with Gasteiger partial charge in [-0.2, -0.15) is 0 Å². The first-order valence-corrected chi connectivity index (χ1v) is 43.9. The number of hydrogen-bond acceptors (Lipinski definition) is 12. The number of aromatic nitrogens is 9. The minimum atomic E-state index is -0.288. The standard InChI is InChI=1S/3C39H21N3O2/c1-20-2-6-24(7-3-20)42-38(43)36-29-18-27(21-10-14-40-15-11-21)25-8-4-23-5-9-26-28(22-12-16-41-17-13-22)19-30(37(36)39(42)44)35-33(26)31(23)32(25)34(29)35;1-20-3-2-4-24(17-20)42-38(43)36-29-18-27(21-9-13-40-14-10-21)25-7-5-23-6-8-26-28(22-11-15-41-16-12-22)19-30(37(36)39(42)44)35-33(26)31(23)32(25)34(29)35;1-20-4-2-3-5-30(20)42-38(43)36-28-18-26(21-10-14-40-15-11-21)24-8-6-23-7-9-25-27(22-12-16-41-17-13-22)19-29(37(36)39(42)44)35-33(25)31(23)32(24)34(28)35/h3*2-19H,1H3. The lowest BCUT2D eigenvalue weighted by Crippen LogP contribution is -2.24. The van der Waals surface area contributed by atoms with Crippen molar-refractivity contribution in [3.8, 4) is 83.8 Å². The number of hydrogen-bond donors (Lipinski definition) is 0. The molecule has 0 saturated heterocycles. The second-order valence-electron chi connectivity index (χ2n) is 35.3. The predicted octanol–water partition coefficient (Wildman–Crippen LogP) is 24.9. The maximum atomic E-state index is 14.6. The lowest BCUT2D eigenvalue weighted by Gasteiger charge is -2.12. The molecule has 0 saturated carbocycles. The SMILES string of the molecule is Cc1ccc(-n2c(=O)c3c4cc(-c5ccncc5)c5ccc6ccc7c(-c8ccncc8)cc(c3c2=O)c2c7c6c5c42)cc1.Cc1cccc(-n2c(=O)c3c4cc(-c5ccncc5)c5ccc6ccc7c(-c8ccncc8)cc(c3c2=O)c2c7c6c5c42)c1.Cc1ccccc1-n1c(=O)c2c3cc(-c4ccncc4)c4ccc5ccc6c(-c7ccncc7)cc(c2c1=O)c1c6c5c4c31. The van der Waals surface area contributed by atoms with Crippen LogP contribution in [0, 0.1) is 20.8 Å². The number of nitrogens with zero attached hydrogens (tertiary/aromatic N) is 9. The molecule has 0 atom stereocenters.